The Kier molecular flexibility index (Phi) is 5.39. The number of nitrogens with two attached hydrogens (primary N) is 1. The Morgan fingerprint density at radius 1 is 1.14 bits per heavy atom. The third-order valence-electron chi connectivity index (χ3n) is 2.69. The Hall–Kier alpha value is -1.36. The van der Waals surface area contributed by atoms with Crippen molar-refractivity contribution in [1.29, 1.82) is 0 Å². The molecule has 0 saturated carbocycles. The highest BCUT2D eigenvalue weighted by Gasteiger charge is 2.15. The van der Waals surface area contributed by atoms with E-state index >= 15 is 0 Å². The van der Waals surface area contributed by atoms with Crippen LogP contribution in [-0.2, 0) is 4.79 Å². The Labute approximate surface area is 137 Å². The second-order valence-corrected chi connectivity index (χ2v) is 6.76. The van der Waals surface area contributed by atoms with Gasteiger partial charge in [-0.2, -0.15) is 0 Å². The van der Waals surface area contributed by atoms with Crippen LogP contribution in [0.5, 0.6) is 0 Å². The molecule has 2 rings (SSSR count). The summed E-state index contributed by atoms with van der Waals surface area (Å²) in [5, 5.41) is 3.51. The first kappa shape index (κ1) is 16.0. The molecule has 0 aromatic heterocycles. The molecule has 0 saturated heterocycles. The van der Waals surface area contributed by atoms with Gasteiger partial charge in [0.25, 0.3) is 0 Å². The minimum Gasteiger partial charge on any atom is -0.399 e. The molecular weight excluding hydrogens is 327 g/mol. The first-order valence-corrected chi connectivity index (χ1v) is 7.87. The average molecular weight is 341 g/mol. The predicted octanol–water partition coefficient (Wildman–Crippen LogP) is 4.69. The molecule has 0 aliphatic heterocycles. The maximum absolute atomic E-state index is 12.2. The average Bonchev–Trinajstić information content (AvgIpc) is 2.40. The maximum atomic E-state index is 12.2. The molecule has 0 bridgehead atoms. The number of amides is 1. The number of hydrogen-bond acceptors (Lipinski definition) is 3. The zero-order valence-electron chi connectivity index (χ0n) is 11.3. The minimum absolute atomic E-state index is 0.116. The van der Waals surface area contributed by atoms with Gasteiger partial charge in [0.05, 0.1) is 5.25 Å². The molecule has 3 N–H and O–H groups in total. The van der Waals surface area contributed by atoms with Gasteiger partial charge in [-0.3, -0.25) is 4.79 Å². The predicted molar refractivity (Wildman–Crippen MR) is 91.3 cm³/mol. The summed E-state index contributed by atoms with van der Waals surface area (Å²) < 4.78 is 0. The van der Waals surface area contributed by atoms with Crippen LogP contribution in [0.15, 0.2) is 47.4 Å². The van der Waals surface area contributed by atoms with E-state index in [-0.39, 0.29) is 11.2 Å². The molecule has 1 atom stereocenters. The van der Waals surface area contributed by atoms with Gasteiger partial charge in [-0.05, 0) is 49.4 Å². The number of benzene rings is 2. The van der Waals surface area contributed by atoms with Crippen LogP contribution in [0.2, 0.25) is 10.0 Å². The molecule has 110 valence electrons. The number of halogens is 2. The summed E-state index contributed by atoms with van der Waals surface area (Å²) >= 11 is 13.3. The fourth-order valence-corrected chi connectivity index (χ4v) is 3.07. The molecule has 2 aromatic carbocycles. The molecule has 0 fully saturated rings. The van der Waals surface area contributed by atoms with Gasteiger partial charge in [0, 0.05) is 26.3 Å². The normalized spacial score (nSPS) is 12.0. The van der Waals surface area contributed by atoms with Crippen molar-refractivity contribution in [3.8, 4) is 0 Å². The van der Waals surface area contributed by atoms with Crippen LogP contribution < -0.4 is 11.1 Å². The van der Waals surface area contributed by atoms with Gasteiger partial charge in [-0.1, -0.05) is 23.2 Å². The molecule has 0 heterocycles. The van der Waals surface area contributed by atoms with E-state index in [9.17, 15) is 4.79 Å². The number of anilines is 2. The Bertz CT molecular complexity index is 626. The molecule has 0 radical (unpaired) electrons. The van der Waals surface area contributed by atoms with Crippen molar-refractivity contribution >= 4 is 52.2 Å². The molecule has 1 amide bonds. The number of thioether (sulfide) groups is 1. The second kappa shape index (κ2) is 7.07. The Morgan fingerprint density at radius 3 is 2.29 bits per heavy atom. The van der Waals surface area contributed by atoms with Crippen molar-refractivity contribution in [2.45, 2.75) is 17.1 Å². The minimum atomic E-state index is -0.258. The van der Waals surface area contributed by atoms with Gasteiger partial charge in [-0.25, -0.2) is 0 Å². The highest BCUT2D eigenvalue weighted by atomic mass is 35.5. The van der Waals surface area contributed by atoms with E-state index in [2.05, 4.69) is 5.32 Å². The van der Waals surface area contributed by atoms with Crippen LogP contribution in [0.3, 0.4) is 0 Å². The van der Waals surface area contributed by atoms with Crippen molar-refractivity contribution < 1.29 is 4.79 Å². The number of nitrogens with one attached hydrogen (secondary N) is 1. The van der Waals surface area contributed by atoms with Crippen LogP contribution in [-0.4, -0.2) is 11.2 Å². The molecule has 0 aliphatic rings. The monoisotopic (exact) mass is 340 g/mol. The summed E-state index contributed by atoms with van der Waals surface area (Å²) in [5.74, 6) is -0.116. The van der Waals surface area contributed by atoms with Crippen molar-refractivity contribution in [3.63, 3.8) is 0 Å². The first-order valence-electron chi connectivity index (χ1n) is 6.23. The number of hydrogen-bond donors (Lipinski definition) is 2. The van der Waals surface area contributed by atoms with E-state index < -0.39 is 0 Å². The summed E-state index contributed by atoms with van der Waals surface area (Å²) in [7, 11) is 0. The van der Waals surface area contributed by atoms with Crippen molar-refractivity contribution in [2.75, 3.05) is 11.1 Å². The fourth-order valence-electron chi connectivity index (χ4n) is 1.67. The Balaban J connectivity index is 2.00. The topological polar surface area (TPSA) is 55.1 Å². The van der Waals surface area contributed by atoms with E-state index in [4.69, 9.17) is 28.9 Å². The zero-order chi connectivity index (χ0) is 15.4. The molecular formula is C15H14Cl2N2OS. The molecule has 21 heavy (non-hydrogen) atoms. The lowest BCUT2D eigenvalue weighted by atomic mass is 10.3. The van der Waals surface area contributed by atoms with Gasteiger partial charge in [0.2, 0.25) is 5.91 Å². The first-order chi connectivity index (χ1) is 9.94. The standard InChI is InChI=1S/C15H14Cl2N2OS/c1-9(21-14-4-2-12(18)3-5-14)15(20)19-13-7-10(16)6-11(17)8-13/h2-9H,18H2,1H3,(H,19,20)/t9-/m0/s1. The Morgan fingerprint density at radius 2 is 1.71 bits per heavy atom. The van der Waals surface area contributed by atoms with Crippen LogP contribution in [0.25, 0.3) is 0 Å². The van der Waals surface area contributed by atoms with Gasteiger partial charge in [-0.15, -0.1) is 11.8 Å². The summed E-state index contributed by atoms with van der Waals surface area (Å²) in [6, 6.07) is 12.3. The molecule has 0 unspecified atom stereocenters. The molecule has 2 aromatic rings. The summed E-state index contributed by atoms with van der Waals surface area (Å²) in [4.78, 5) is 13.1. The number of rotatable bonds is 4. The van der Waals surface area contributed by atoms with E-state index in [1.54, 1.807) is 18.2 Å². The lowest BCUT2D eigenvalue weighted by Gasteiger charge is -2.12. The fraction of sp³-hybridized carbons (Fsp3) is 0.133. The quantitative estimate of drug-likeness (QED) is 0.626. The maximum Gasteiger partial charge on any atom is 0.237 e. The van der Waals surface area contributed by atoms with E-state index in [0.29, 0.717) is 21.4 Å². The van der Waals surface area contributed by atoms with Gasteiger partial charge < -0.3 is 11.1 Å². The molecule has 0 spiro atoms. The van der Waals surface area contributed by atoms with Gasteiger partial charge in [0.1, 0.15) is 0 Å². The van der Waals surface area contributed by atoms with E-state index in [1.807, 2.05) is 31.2 Å². The summed E-state index contributed by atoms with van der Waals surface area (Å²) in [6.45, 7) is 1.84. The van der Waals surface area contributed by atoms with Crippen LogP contribution in [0, 0.1) is 0 Å². The summed E-state index contributed by atoms with van der Waals surface area (Å²) in [6.07, 6.45) is 0. The second-order valence-electron chi connectivity index (χ2n) is 4.48. The summed E-state index contributed by atoms with van der Waals surface area (Å²) in [5.41, 5.74) is 6.92. The molecule has 3 nitrogen and oxygen atoms in total. The van der Waals surface area contributed by atoms with Crippen molar-refractivity contribution in [2.24, 2.45) is 0 Å². The highest BCUT2D eigenvalue weighted by molar-refractivity contribution is 8.00. The van der Waals surface area contributed by atoms with Crippen LogP contribution in [0.4, 0.5) is 11.4 Å². The number of nitrogen functional groups attached to an aromatic ring is 1. The highest BCUT2D eigenvalue weighted by Crippen LogP contribution is 2.26. The van der Waals surface area contributed by atoms with Crippen molar-refractivity contribution in [1.82, 2.24) is 0 Å². The van der Waals surface area contributed by atoms with Crippen LogP contribution in [0.1, 0.15) is 6.92 Å². The molecule has 6 heteroatoms. The lowest BCUT2D eigenvalue weighted by molar-refractivity contribution is -0.115. The lowest BCUT2D eigenvalue weighted by Crippen LogP contribution is -2.22. The SMILES string of the molecule is C[C@H](Sc1ccc(N)cc1)C(=O)Nc1cc(Cl)cc(Cl)c1. The smallest absolute Gasteiger partial charge is 0.237 e. The zero-order valence-corrected chi connectivity index (χ0v) is 13.6. The van der Waals surface area contributed by atoms with E-state index in [1.165, 1.54) is 11.8 Å². The molecule has 0 aliphatic carbocycles. The number of carbonyl (C=O) groups is 1. The largest absolute Gasteiger partial charge is 0.399 e. The third-order valence-corrected chi connectivity index (χ3v) is 4.24. The van der Waals surface area contributed by atoms with Crippen molar-refractivity contribution in [3.05, 3.63) is 52.5 Å². The number of carbonyl (C=O) groups excluding carboxylic acids is 1. The van der Waals surface area contributed by atoms with E-state index in [0.717, 1.165) is 4.90 Å². The third kappa shape index (κ3) is 4.84. The van der Waals surface area contributed by atoms with Crippen LogP contribution >= 0.6 is 35.0 Å². The van der Waals surface area contributed by atoms with Gasteiger partial charge in [0.15, 0.2) is 0 Å². The van der Waals surface area contributed by atoms with Gasteiger partial charge >= 0.3 is 0 Å².